The van der Waals surface area contributed by atoms with E-state index in [-0.39, 0.29) is 17.7 Å². The summed E-state index contributed by atoms with van der Waals surface area (Å²) < 4.78 is 43.1. The van der Waals surface area contributed by atoms with E-state index in [1.165, 1.54) is 12.1 Å². The summed E-state index contributed by atoms with van der Waals surface area (Å²) in [6.45, 7) is 2.20. The van der Waals surface area contributed by atoms with Gasteiger partial charge < -0.3 is 14.6 Å². The number of carbonyl (C=O) groups excluding carboxylic acids is 1. The highest BCUT2D eigenvalue weighted by atomic mass is 19.4. The summed E-state index contributed by atoms with van der Waals surface area (Å²) in [5.74, 6) is -0.583. The number of alkyl halides is 3. The van der Waals surface area contributed by atoms with Gasteiger partial charge in [-0.25, -0.2) is 0 Å². The maximum atomic E-state index is 12.5. The van der Waals surface area contributed by atoms with Crippen molar-refractivity contribution in [1.29, 1.82) is 0 Å². The van der Waals surface area contributed by atoms with Crippen LogP contribution in [0.15, 0.2) is 24.3 Å². The fraction of sp³-hybridized carbons (Fsp3) is 0.308. The van der Waals surface area contributed by atoms with Crippen LogP contribution in [0.5, 0.6) is 5.75 Å². The number of benzene rings is 1. The summed E-state index contributed by atoms with van der Waals surface area (Å²) in [5.41, 5.74) is 0.638. The predicted octanol–water partition coefficient (Wildman–Crippen LogP) is 2.84. The molecule has 1 aromatic carbocycles. The van der Waals surface area contributed by atoms with E-state index in [4.69, 9.17) is 0 Å². The quantitative estimate of drug-likeness (QED) is 0.875. The Morgan fingerprint density at radius 1 is 1.40 bits per heavy atom. The number of carbonyl (C=O) groups is 1. The Balaban J connectivity index is 2.26. The van der Waals surface area contributed by atoms with Crippen LogP contribution in [-0.4, -0.2) is 23.4 Å². The normalized spacial score (nSPS) is 18.8. The Morgan fingerprint density at radius 2 is 2.15 bits per heavy atom. The standard InChI is InChI=1S/C13H11F3N2O2/c1-7-6-17-12(19)9-5-8-3-2-4-10(11(8)18(7)9)20-13(14,15)16/h2-5,7H,6H2,1H3,(H,17,19). The second-order valence-electron chi connectivity index (χ2n) is 4.70. The second kappa shape index (κ2) is 4.16. The zero-order valence-electron chi connectivity index (χ0n) is 10.5. The van der Waals surface area contributed by atoms with Crippen molar-refractivity contribution >= 4 is 16.8 Å². The summed E-state index contributed by atoms with van der Waals surface area (Å²) in [6, 6.07) is 5.81. The lowest BCUT2D eigenvalue weighted by molar-refractivity contribution is -0.274. The van der Waals surface area contributed by atoms with Crippen LogP contribution in [0, 0.1) is 0 Å². The van der Waals surface area contributed by atoms with Gasteiger partial charge in [-0.05, 0) is 19.1 Å². The largest absolute Gasteiger partial charge is 0.573 e. The lowest BCUT2D eigenvalue weighted by Crippen LogP contribution is -2.37. The average Bonchev–Trinajstić information content (AvgIpc) is 2.74. The molecule has 1 atom stereocenters. The number of rotatable bonds is 1. The monoisotopic (exact) mass is 284 g/mol. The smallest absolute Gasteiger partial charge is 0.404 e. The topological polar surface area (TPSA) is 43.3 Å². The molecule has 0 aliphatic carbocycles. The van der Waals surface area contributed by atoms with Crippen molar-refractivity contribution < 1.29 is 22.7 Å². The number of hydrogen-bond acceptors (Lipinski definition) is 2. The first kappa shape index (κ1) is 12.8. The van der Waals surface area contributed by atoms with Crippen molar-refractivity contribution in [2.24, 2.45) is 0 Å². The van der Waals surface area contributed by atoms with Crippen LogP contribution in [0.3, 0.4) is 0 Å². The first-order valence-electron chi connectivity index (χ1n) is 6.05. The number of para-hydroxylation sites is 1. The molecule has 1 amide bonds. The highest BCUT2D eigenvalue weighted by Crippen LogP contribution is 2.35. The zero-order chi connectivity index (χ0) is 14.5. The molecule has 4 nitrogen and oxygen atoms in total. The van der Waals surface area contributed by atoms with Crippen LogP contribution in [-0.2, 0) is 0 Å². The summed E-state index contributed by atoms with van der Waals surface area (Å²) in [4.78, 5) is 11.8. The molecule has 2 aromatic rings. The highest BCUT2D eigenvalue weighted by Gasteiger charge is 2.33. The minimum atomic E-state index is -4.76. The molecular weight excluding hydrogens is 273 g/mol. The Hall–Kier alpha value is -2.18. The van der Waals surface area contributed by atoms with Gasteiger partial charge in [-0.3, -0.25) is 4.79 Å². The van der Waals surface area contributed by atoms with Crippen molar-refractivity contribution in [3.05, 3.63) is 30.0 Å². The van der Waals surface area contributed by atoms with Gasteiger partial charge in [0.05, 0.1) is 5.52 Å². The van der Waals surface area contributed by atoms with E-state index in [0.29, 0.717) is 23.1 Å². The van der Waals surface area contributed by atoms with Gasteiger partial charge in [-0.1, -0.05) is 12.1 Å². The lowest BCUT2D eigenvalue weighted by Gasteiger charge is -2.24. The van der Waals surface area contributed by atoms with Crippen molar-refractivity contribution in [2.75, 3.05) is 6.54 Å². The third kappa shape index (κ3) is 1.99. The summed E-state index contributed by atoms with van der Waals surface area (Å²) >= 11 is 0. The molecule has 7 heteroatoms. The molecule has 2 heterocycles. The minimum absolute atomic E-state index is 0.141. The lowest BCUT2D eigenvalue weighted by atomic mass is 10.2. The van der Waals surface area contributed by atoms with Gasteiger partial charge in [-0.2, -0.15) is 0 Å². The van der Waals surface area contributed by atoms with Crippen LogP contribution >= 0.6 is 0 Å². The van der Waals surface area contributed by atoms with E-state index >= 15 is 0 Å². The van der Waals surface area contributed by atoms with Crippen LogP contribution in [0.2, 0.25) is 0 Å². The van der Waals surface area contributed by atoms with Gasteiger partial charge in [0, 0.05) is 18.0 Å². The number of fused-ring (bicyclic) bond motifs is 3. The number of hydrogen-bond donors (Lipinski definition) is 1. The summed E-state index contributed by atoms with van der Waals surface area (Å²) in [5, 5.41) is 3.24. The molecule has 0 bridgehead atoms. The number of aromatic nitrogens is 1. The molecule has 20 heavy (non-hydrogen) atoms. The predicted molar refractivity (Wildman–Crippen MR) is 65.7 cm³/mol. The van der Waals surface area contributed by atoms with Crippen molar-refractivity contribution in [2.45, 2.75) is 19.3 Å². The number of nitrogens with zero attached hydrogens (tertiary/aromatic N) is 1. The Kier molecular flexibility index (Phi) is 2.67. The SMILES string of the molecule is CC1CNC(=O)c2cc3cccc(OC(F)(F)F)c3n21. The van der Waals surface area contributed by atoms with Crippen LogP contribution in [0.4, 0.5) is 13.2 Å². The number of halogens is 3. The molecule has 1 aliphatic heterocycles. The molecule has 0 saturated heterocycles. The maximum absolute atomic E-state index is 12.5. The molecule has 1 N–H and O–H groups in total. The van der Waals surface area contributed by atoms with Crippen LogP contribution < -0.4 is 10.1 Å². The molecular formula is C13H11F3N2O2. The molecule has 0 fully saturated rings. The van der Waals surface area contributed by atoms with Crippen molar-refractivity contribution in [1.82, 2.24) is 9.88 Å². The Labute approximate surface area is 112 Å². The van der Waals surface area contributed by atoms with Gasteiger partial charge in [0.1, 0.15) is 5.69 Å². The first-order chi connectivity index (χ1) is 9.37. The average molecular weight is 284 g/mol. The van der Waals surface area contributed by atoms with Gasteiger partial charge in [-0.15, -0.1) is 13.2 Å². The fourth-order valence-electron chi connectivity index (χ4n) is 2.51. The molecule has 0 spiro atoms. The number of amides is 1. The Bertz CT molecular complexity index is 691. The molecule has 1 aromatic heterocycles. The van der Waals surface area contributed by atoms with Crippen LogP contribution in [0.1, 0.15) is 23.5 Å². The van der Waals surface area contributed by atoms with E-state index in [1.54, 1.807) is 16.7 Å². The molecule has 106 valence electrons. The van der Waals surface area contributed by atoms with Crippen LogP contribution in [0.25, 0.3) is 10.9 Å². The number of nitrogens with one attached hydrogen (secondary N) is 1. The molecule has 0 radical (unpaired) electrons. The van der Waals surface area contributed by atoms with Gasteiger partial charge in [0.25, 0.3) is 5.91 Å². The molecule has 1 aliphatic rings. The summed E-state index contributed by atoms with van der Waals surface area (Å²) in [6.07, 6.45) is -4.76. The first-order valence-corrected chi connectivity index (χ1v) is 6.05. The highest BCUT2D eigenvalue weighted by molar-refractivity contribution is 6.01. The zero-order valence-corrected chi connectivity index (χ0v) is 10.5. The van der Waals surface area contributed by atoms with E-state index in [1.807, 2.05) is 6.92 Å². The molecule has 1 unspecified atom stereocenters. The van der Waals surface area contributed by atoms with Gasteiger partial charge >= 0.3 is 6.36 Å². The maximum Gasteiger partial charge on any atom is 0.573 e. The molecule has 3 rings (SSSR count). The van der Waals surface area contributed by atoms with Crippen molar-refractivity contribution in [3.63, 3.8) is 0 Å². The Morgan fingerprint density at radius 3 is 2.85 bits per heavy atom. The van der Waals surface area contributed by atoms with E-state index in [2.05, 4.69) is 10.1 Å². The van der Waals surface area contributed by atoms with E-state index in [9.17, 15) is 18.0 Å². The second-order valence-corrected chi connectivity index (χ2v) is 4.70. The van der Waals surface area contributed by atoms with E-state index < -0.39 is 6.36 Å². The fourth-order valence-corrected chi connectivity index (χ4v) is 2.51. The molecule has 0 saturated carbocycles. The van der Waals surface area contributed by atoms with Crippen molar-refractivity contribution in [3.8, 4) is 5.75 Å². The van der Waals surface area contributed by atoms with Gasteiger partial charge in [0.15, 0.2) is 5.75 Å². The summed E-state index contributed by atoms with van der Waals surface area (Å²) in [7, 11) is 0. The van der Waals surface area contributed by atoms with E-state index in [0.717, 1.165) is 0 Å². The minimum Gasteiger partial charge on any atom is -0.404 e. The third-order valence-corrected chi connectivity index (χ3v) is 3.28. The third-order valence-electron chi connectivity index (χ3n) is 3.28. The van der Waals surface area contributed by atoms with Gasteiger partial charge in [0.2, 0.25) is 0 Å². The number of ether oxygens (including phenoxy) is 1.